The molecule has 0 radical (unpaired) electrons. The third-order valence-corrected chi connectivity index (χ3v) is 4.94. The molecule has 0 aliphatic carbocycles. The van der Waals surface area contributed by atoms with Crippen LogP contribution < -0.4 is 5.32 Å². The Bertz CT molecular complexity index is 948. The summed E-state index contributed by atoms with van der Waals surface area (Å²) >= 11 is 6.03. The summed E-state index contributed by atoms with van der Waals surface area (Å²) in [6.45, 7) is 14.9. The summed E-state index contributed by atoms with van der Waals surface area (Å²) in [6, 6.07) is 14.4. The van der Waals surface area contributed by atoms with Gasteiger partial charge in [-0.25, -0.2) is 4.68 Å². The quantitative estimate of drug-likeness (QED) is 0.489. The van der Waals surface area contributed by atoms with Crippen molar-refractivity contribution in [2.45, 2.75) is 53.4 Å². The summed E-state index contributed by atoms with van der Waals surface area (Å²) in [7, 11) is 5.12. The van der Waals surface area contributed by atoms with E-state index in [-0.39, 0.29) is 5.41 Å². The van der Waals surface area contributed by atoms with Gasteiger partial charge in [0.15, 0.2) is 0 Å². The lowest BCUT2D eigenvalue weighted by Gasteiger charge is -2.18. The van der Waals surface area contributed by atoms with E-state index in [0.717, 1.165) is 29.2 Å². The normalized spacial score (nSPS) is 10.0. The van der Waals surface area contributed by atoms with E-state index >= 15 is 0 Å². The largest absolute Gasteiger partial charge is 0.388 e. The van der Waals surface area contributed by atoms with E-state index in [9.17, 15) is 0 Å². The lowest BCUT2D eigenvalue weighted by Crippen LogP contribution is -2.10. The van der Waals surface area contributed by atoms with Crippen LogP contribution in [0.25, 0.3) is 5.69 Å². The molecule has 33 heavy (non-hydrogen) atoms. The number of methoxy groups -OCH3 is 1. The molecule has 0 aliphatic heterocycles. The van der Waals surface area contributed by atoms with Crippen LogP contribution in [-0.4, -0.2) is 43.1 Å². The van der Waals surface area contributed by atoms with E-state index in [1.54, 1.807) is 14.2 Å². The van der Waals surface area contributed by atoms with E-state index in [1.807, 2.05) is 43.6 Å². The molecule has 0 saturated heterocycles. The molecule has 3 aromatic rings. The molecule has 0 fully saturated rings. The van der Waals surface area contributed by atoms with Gasteiger partial charge in [-0.05, 0) is 49.4 Å². The highest BCUT2D eigenvalue weighted by atomic mass is 35.5. The van der Waals surface area contributed by atoms with Crippen molar-refractivity contribution < 1.29 is 9.53 Å². The molecule has 0 saturated carbocycles. The first-order valence-electron chi connectivity index (χ1n) is 10.7. The second kappa shape index (κ2) is 15.2. The first-order valence-corrected chi connectivity index (χ1v) is 11.1. The summed E-state index contributed by atoms with van der Waals surface area (Å²) < 4.78 is 6.07. The van der Waals surface area contributed by atoms with Gasteiger partial charge < -0.3 is 14.8 Å². The number of aromatic nitrogens is 3. The Morgan fingerprint density at radius 1 is 1.06 bits per heavy atom. The van der Waals surface area contributed by atoms with Crippen LogP contribution in [0.3, 0.4) is 0 Å². The highest BCUT2D eigenvalue weighted by molar-refractivity contribution is 6.30. The molecule has 1 heterocycles. The predicted molar refractivity (Wildman–Crippen MR) is 140 cm³/mol. The Hall–Kier alpha value is -2.70. The van der Waals surface area contributed by atoms with Gasteiger partial charge in [0.1, 0.15) is 6.79 Å². The van der Waals surface area contributed by atoms with Gasteiger partial charge in [-0.3, -0.25) is 0 Å². The number of carbonyl (C=O) groups excluding carboxylic acids is 1. The highest BCUT2D eigenvalue weighted by Gasteiger charge is 2.12. The number of rotatable bonds is 3. The van der Waals surface area contributed by atoms with Gasteiger partial charge >= 0.3 is 0 Å². The Balaban J connectivity index is 0.000000552. The third kappa shape index (κ3) is 9.76. The maximum Gasteiger partial charge on any atom is 0.106 e. The average molecular weight is 475 g/mol. The fraction of sp³-hybridized carbons (Fsp3) is 0.423. The van der Waals surface area contributed by atoms with E-state index in [4.69, 9.17) is 16.4 Å². The molecule has 1 aromatic heterocycles. The zero-order chi connectivity index (χ0) is 25.6. The number of hydrogen-bond acceptors (Lipinski definition) is 5. The first kappa shape index (κ1) is 30.3. The molecule has 0 unspecified atom stereocenters. The average Bonchev–Trinajstić information content (AvgIpc) is 3.16. The molecule has 2 aromatic carbocycles. The van der Waals surface area contributed by atoms with Crippen LogP contribution >= 0.6 is 11.6 Å². The SMILES string of the molecule is C=O.CCc1nnn(-c2cc(Cl)ccc2NC)c1C.COC.Cc1ccc(C(C)(C)C)cc1. The van der Waals surface area contributed by atoms with Crippen molar-refractivity contribution >= 4 is 24.1 Å². The molecule has 0 aliphatic rings. The first-order chi connectivity index (χ1) is 15.6. The Morgan fingerprint density at radius 3 is 2.03 bits per heavy atom. The molecular weight excluding hydrogens is 436 g/mol. The van der Waals surface area contributed by atoms with Crippen LogP contribution in [0.5, 0.6) is 0 Å². The van der Waals surface area contributed by atoms with Gasteiger partial charge in [-0.1, -0.05) is 74.3 Å². The number of benzene rings is 2. The fourth-order valence-electron chi connectivity index (χ4n) is 2.86. The van der Waals surface area contributed by atoms with Crippen molar-refractivity contribution in [3.63, 3.8) is 0 Å². The van der Waals surface area contributed by atoms with E-state index in [1.165, 1.54) is 11.1 Å². The Labute approximate surface area is 204 Å². The van der Waals surface area contributed by atoms with Crippen LogP contribution in [0.1, 0.15) is 50.2 Å². The van der Waals surface area contributed by atoms with Crippen LogP contribution in [0.4, 0.5) is 5.69 Å². The highest BCUT2D eigenvalue weighted by Crippen LogP contribution is 2.25. The Morgan fingerprint density at radius 2 is 1.61 bits per heavy atom. The number of nitrogens with zero attached hydrogens (tertiary/aromatic N) is 3. The summed E-state index contributed by atoms with van der Waals surface area (Å²) in [4.78, 5) is 8.00. The molecule has 6 nitrogen and oxygen atoms in total. The van der Waals surface area contributed by atoms with Gasteiger partial charge in [-0.2, -0.15) is 0 Å². The topological polar surface area (TPSA) is 69.0 Å². The molecular formula is C26H39ClN4O2. The number of aryl methyl sites for hydroxylation is 2. The van der Waals surface area contributed by atoms with Crippen LogP contribution in [0, 0.1) is 13.8 Å². The molecule has 3 rings (SSSR count). The van der Waals surface area contributed by atoms with Gasteiger partial charge in [0.25, 0.3) is 0 Å². The zero-order valence-corrected chi connectivity index (χ0v) is 22.2. The molecule has 0 atom stereocenters. The summed E-state index contributed by atoms with van der Waals surface area (Å²) in [5.41, 5.74) is 6.97. The second-order valence-corrected chi connectivity index (χ2v) is 8.76. The molecule has 0 bridgehead atoms. The van der Waals surface area contributed by atoms with Crippen molar-refractivity contribution in [1.82, 2.24) is 15.0 Å². The summed E-state index contributed by atoms with van der Waals surface area (Å²) in [5, 5.41) is 12.1. The third-order valence-electron chi connectivity index (χ3n) is 4.70. The standard InChI is InChI=1S/C12H15ClN4.C11H16.C2H6O.CH2O/c1-4-10-8(2)17(16-15-10)12-7-9(13)5-6-11(12)14-3;1-9-5-7-10(8-6-9)11(2,3)4;1-3-2;1-2/h5-7,14H,4H2,1-3H3;5-8H,1-4H3;1-2H3;1H2. The number of anilines is 1. The van der Waals surface area contributed by atoms with Gasteiger partial charge in [-0.15, -0.1) is 5.10 Å². The van der Waals surface area contributed by atoms with Gasteiger partial charge in [0.2, 0.25) is 0 Å². The van der Waals surface area contributed by atoms with Crippen molar-refractivity contribution in [2.24, 2.45) is 0 Å². The molecule has 0 amide bonds. The van der Waals surface area contributed by atoms with E-state index in [0.29, 0.717) is 5.02 Å². The lowest BCUT2D eigenvalue weighted by molar-refractivity contribution is -0.0979. The predicted octanol–water partition coefficient (Wildman–Crippen LogP) is 6.20. The smallest absolute Gasteiger partial charge is 0.106 e. The number of carbonyl (C=O) groups is 1. The van der Waals surface area contributed by atoms with E-state index in [2.05, 4.69) is 79.2 Å². The summed E-state index contributed by atoms with van der Waals surface area (Å²) in [6.07, 6.45) is 0.876. The summed E-state index contributed by atoms with van der Waals surface area (Å²) in [5.74, 6) is 0. The Kier molecular flexibility index (Phi) is 14.0. The number of hydrogen-bond donors (Lipinski definition) is 1. The maximum absolute atomic E-state index is 8.00. The van der Waals surface area contributed by atoms with Crippen molar-refractivity contribution in [3.05, 3.63) is 70.0 Å². The van der Waals surface area contributed by atoms with E-state index < -0.39 is 0 Å². The minimum Gasteiger partial charge on any atom is -0.388 e. The number of halogens is 1. The van der Waals surface area contributed by atoms with Crippen molar-refractivity contribution in [3.8, 4) is 5.69 Å². The van der Waals surface area contributed by atoms with Gasteiger partial charge in [0, 0.05) is 26.3 Å². The molecule has 1 N–H and O–H groups in total. The fourth-order valence-corrected chi connectivity index (χ4v) is 3.03. The zero-order valence-electron chi connectivity index (χ0n) is 21.5. The van der Waals surface area contributed by atoms with Crippen LogP contribution in [0.2, 0.25) is 5.02 Å². The van der Waals surface area contributed by atoms with Crippen LogP contribution in [-0.2, 0) is 21.4 Å². The van der Waals surface area contributed by atoms with Crippen molar-refractivity contribution in [1.29, 1.82) is 0 Å². The minimum absolute atomic E-state index is 0.285. The molecule has 182 valence electrons. The number of nitrogens with one attached hydrogen (secondary N) is 1. The monoisotopic (exact) mass is 474 g/mol. The maximum atomic E-state index is 8.00. The molecule has 0 spiro atoms. The van der Waals surface area contributed by atoms with Gasteiger partial charge in [0.05, 0.1) is 22.8 Å². The van der Waals surface area contributed by atoms with Crippen LogP contribution in [0.15, 0.2) is 42.5 Å². The van der Waals surface area contributed by atoms with Crippen molar-refractivity contribution in [2.75, 3.05) is 26.6 Å². The second-order valence-electron chi connectivity index (χ2n) is 8.32. The minimum atomic E-state index is 0.285. The lowest BCUT2D eigenvalue weighted by atomic mass is 9.87. The molecule has 7 heteroatoms. The number of ether oxygens (including phenoxy) is 1.